The predicted octanol–water partition coefficient (Wildman–Crippen LogP) is 6.75. The first-order valence-corrected chi connectivity index (χ1v) is 15.3. The van der Waals surface area contributed by atoms with Crippen molar-refractivity contribution in [3.63, 3.8) is 0 Å². The molecule has 45 heavy (non-hydrogen) atoms. The molecule has 1 amide bonds. The highest BCUT2D eigenvalue weighted by Crippen LogP contribution is 2.44. The summed E-state index contributed by atoms with van der Waals surface area (Å²) in [5, 5.41) is 7.09. The van der Waals surface area contributed by atoms with Gasteiger partial charge < -0.3 is 29.7 Å². The van der Waals surface area contributed by atoms with Crippen LogP contribution in [0.3, 0.4) is 0 Å². The Kier molecular flexibility index (Phi) is 8.53. The van der Waals surface area contributed by atoms with E-state index in [0.717, 1.165) is 39.7 Å². The molecule has 1 aliphatic heterocycles. The largest absolute Gasteiger partial charge is 0.484 e. The molecule has 1 saturated heterocycles. The SMILES string of the molecule is Cc1cc([C@@H]2[C@H](c3ccccn3)NC(=S)N2c2ccc(NC(=O)COc3ccccc3)cc2)c(C)n1-c1ccc(N(C)C)cc1. The van der Waals surface area contributed by atoms with Gasteiger partial charge in [-0.05, 0) is 110 Å². The number of benzene rings is 3. The number of anilines is 3. The Morgan fingerprint density at radius 1 is 0.933 bits per heavy atom. The Labute approximate surface area is 269 Å². The number of rotatable bonds is 9. The Hall–Kier alpha value is -5.15. The molecular weight excluding hydrogens is 581 g/mol. The highest BCUT2D eigenvalue weighted by atomic mass is 32.1. The second-order valence-electron chi connectivity index (χ2n) is 11.3. The van der Waals surface area contributed by atoms with Crippen LogP contribution >= 0.6 is 12.2 Å². The molecule has 0 aliphatic carbocycles. The van der Waals surface area contributed by atoms with E-state index in [1.165, 1.54) is 0 Å². The Balaban J connectivity index is 1.30. The minimum atomic E-state index is -0.232. The Morgan fingerprint density at radius 2 is 1.62 bits per heavy atom. The molecule has 8 nitrogen and oxygen atoms in total. The van der Waals surface area contributed by atoms with Crippen molar-refractivity contribution in [3.05, 3.63) is 132 Å². The number of thiocarbonyl (C=S) groups is 1. The number of nitrogens with one attached hydrogen (secondary N) is 2. The zero-order valence-electron chi connectivity index (χ0n) is 25.8. The highest BCUT2D eigenvalue weighted by molar-refractivity contribution is 7.80. The molecule has 0 spiro atoms. The van der Waals surface area contributed by atoms with Crippen LogP contribution in [0, 0.1) is 13.8 Å². The molecule has 0 radical (unpaired) electrons. The summed E-state index contributed by atoms with van der Waals surface area (Å²) >= 11 is 5.96. The standard InChI is InChI=1S/C36H36N6O2S/c1-24-22-31(25(2)41(24)28-19-17-27(18-20-28)40(3)4)35-34(32-12-8-9-21-37-32)39-36(45)42(35)29-15-13-26(14-16-29)38-33(43)23-44-30-10-6-5-7-11-30/h5-22,34-35H,23H2,1-4H3,(H,38,43)(H,39,45)/t34-,35+/m0/s1. The first-order valence-electron chi connectivity index (χ1n) is 14.8. The van der Waals surface area contributed by atoms with Gasteiger partial charge in [-0.2, -0.15) is 0 Å². The van der Waals surface area contributed by atoms with Crippen molar-refractivity contribution in [1.82, 2.24) is 14.9 Å². The number of carbonyl (C=O) groups excluding carboxylic acids is 1. The number of hydrogen-bond acceptors (Lipinski definition) is 5. The maximum Gasteiger partial charge on any atom is 0.262 e. The Bertz CT molecular complexity index is 1790. The summed E-state index contributed by atoms with van der Waals surface area (Å²) in [5.74, 6) is 0.417. The first-order chi connectivity index (χ1) is 21.8. The lowest BCUT2D eigenvalue weighted by Gasteiger charge is -2.28. The minimum absolute atomic E-state index is 0.0762. The van der Waals surface area contributed by atoms with E-state index >= 15 is 0 Å². The van der Waals surface area contributed by atoms with E-state index in [9.17, 15) is 4.79 Å². The highest BCUT2D eigenvalue weighted by Gasteiger charge is 2.42. The first kappa shape index (κ1) is 29.9. The van der Waals surface area contributed by atoms with Gasteiger partial charge in [0.05, 0.1) is 17.8 Å². The molecule has 2 atom stereocenters. The molecule has 0 unspecified atom stereocenters. The number of nitrogens with zero attached hydrogens (tertiary/aromatic N) is 4. The van der Waals surface area contributed by atoms with Crippen molar-refractivity contribution >= 4 is 40.3 Å². The van der Waals surface area contributed by atoms with E-state index < -0.39 is 0 Å². The molecule has 2 N–H and O–H groups in total. The fraction of sp³-hybridized carbons (Fsp3) is 0.194. The quantitative estimate of drug-likeness (QED) is 0.178. The van der Waals surface area contributed by atoms with E-state index in [0.29, 0.717) is 16.5 Å². The second-order valence-corrected chi connectivity index (χ2v) is 11.7. The van der Waals surface area contributed by atoms with Crippen LogP contribution in [0.5, 0.6) is 5.75 Å². The average molecular weight is 617 g/mol. The third-order valence-electron chi connectivity index (χ3n) is 8.05. The smallest absolute Gasteiger partial charge is 0.262 e. The normalized spacial score (nSPS) is 15.9. The number of pyridine rings is 1. The maximum atomic E-state index is 12.6. The van der Waals surface area contributed by atoms with Crippen LogP contribution in [-0.4, -0.2) is 41.3 Å². The average Bonchev–Trinajstić information content (AvgIpc) is 3.55. The van der Waals surface area contributed by atoms with Crippen LogP contribution in [0.1, 0.15) is 34.7 Å². The van der Waals surface area contributed by atoms with Gasteiger partial charge in [0.25, 0.3) is 5.91 Å². The molecule has 1 fully saturated rings. The van der Waals surface area contributed by atoms with Crippen molar-refractivity contribution in [1.29, 1.82) is 0 Å². The summed E-state index contributed by atoms with van der Waals surface area (Å²) in [5.41, 5.74) is 8.18. The van der Waals surface area contributed by atoms with Crippen molar-refractivity contribution in [3.8, 4) is 11.4 Å². The lowest BCUT2D eigenvalue weighted by atomic mass is 9.96. The third kappa shape index (κ3) is 6.25. The molecule has 2 aromatic heterocycles. The second kappa shape index (κ2) is 12.8. The number of aryl methyl sites for hydroxylation is 1. The van der Waals surface area contributed by atoms with Gasteiger partial charge >= 0.3 is 0 Å². The minimum Gasteiger partial charge on any atom is -0.484 e. The van der Waals surface area contributed by atoms with Crippen LogP contribution in [0.15, 0.2) is 109 Å². The van der Waals surface area contributed by atoms with Crippen LogP contribution in [0.25, 0.3) is 5.69 Å². The molecule has 0 bridgehead atoms. The summed E-state index contributed by atoms with van der Waals surface area (Å²) in [6, 6.07) is 33.5. The van der Waals surface area contributed by atoms with Gasteiger partial charge in [0.15, 0.2) is 11.7 Å². The van der Waals surface area contributed by atoms with Crippen LogP contribution in [0.4, 0.5) is 17.1 Å². The zero-order chi connectivity index (χ0) is 31.5. The van der Waals surface area contributed by atoms with Gasteiger partial charge in [0, 0.05) is 54.4 Å². The Morgan fingerprint density at radius 3 is 2.29 bits per heavy atom. The molecule has 9 heteroatoms. The molecular formula is C36H36N6O2S. The molecule has 3 aromatic carbocycles. The number of amides is 1. The van der Waals surface area contributed by atoms with Crippen molar-refractivity contribution in [2.24, 2.45) is 0 Å². The lowest BCUT2D eigenvalue weighted by Crippen LogP contribution is -2.29. The van der Waals surface area contributed by atoms with E-state index in [1.54, 1.807) is 0 Å². The summed E-state index contributed by atoms with van der Waals surface area (Å²) in [7, 11) is 4.09. The van der Waals surface area contributed by atoms with Gasteiger partial charge in [0.2, 0.25) is 0 Å². The van der Waals surface area contributed by atoms with Crippen LogP contribution in [0.2, 0.25) is 0 Å². The number of aromatic nitrogens is 2. The van der Waals surface area contributed by atoms with Crippen LogP contribution < -0.4 is 25.2 Å². The topological polar surface area (TPSA) is 74.7 Å². The summed E-state index contributed by atoms with van der Waals surface area (Å²) in [6.07, 6.45) is 1.81. The number of ether oxygens (including phenoxy) is 1. The summed E-state index contributed by atoms with van der Waals surface area (Å²) in [4.78, 5) is 21.5. The van der Waals surface area contributed by atoms with E-state index in [4.69, 9.17) is 21.9 Å². The molecule has 5 aromatic rings. The fourth-order valence-electron chi connectivity index (χ4n) is 5.90. The molecule has 0 saturated carbocycles. The monoisotopic (exact) mass is 616 g/mol. The van der Waals surface area contributed by atoms with Gasteiger partial charge in [-0.1, -0.05) is 24.3 Å². The zero-order valence-corrected chi connectivity index (χ0v) is 26.6. The van der Waals surface area contributed by atoms with E-state index in [2.05, 4.69) is 69.2 Å². The summed E-state index contributed by atoms with van der Waals surface area (Å²) < 4.78 is 7.88. The number of para-hydroxylation sites is 1. The number of carbonyl (C=O) groups is 1. The van der Waals surface area contributed by atoms with Crippen LogP contribution in [-0.2, 0) is 4.79 Å². The van der Waals surface area contributed by atoms with Crippen molar-refractivity contribution in [2.45, 2.75) is 25.9 Å². The van der Waals surface area contributed by atoms with Gasteiger partial charge in [-0.15, -0.1) is 0 Å². The predicted molar refractivity (Wildman–Crippen MR) is 185 cm³/mol. The third-order valence-corrected chi connectivity index (χ3v) is 8.37. The van der Waals surface area contributed by atoms with Gasteiger partial charge in [-0.25, -0.2) is 0 Å². The molecule has 3 heterocycles. The van der Waals surface area contributed by atoms with Gasteiger partial charge in [-0.3, -0.25) is 9.78 Å². The number of hydrogen-bond donors (Lipinski definition) is 2. The van der Waals surface area contributed by atoms with E-state index in [-0.39, 0.29) is 24.6 Å². The van der Waals surface area contributed by atoms with E-state index in [1.807, 2.05) is 93.1 Å². The molecule has 1 aliphatic rings. The fourth-order valence-corrected chi connectivity index (χ4v) is 6.25. The molecule has 6 rings (SSSR count). The molecule has 228 valence electrons. The van der Waals surface area contributed by atoms with Gasteiger partial charge in [0.1, 0.15) is 5.75 Å². The maximum absolute atomic E-state index is 12.6. The van der Waals surface area contributed by atoms with Crippen molar-refractivity contribution < 1.29 is 9.53 Å². The lowest BCUT2D eigenvalue weighted by molar-refractivity contribution is -0.118. The van der Waals surface area contributed by atoms with Crippen molar-refractivity contribution in [2.75, 3.05) is 35.8 Å². The summed E-state index contributed by atoms with van der Waals surface area (Å²) in [6.45, 7) is 4.22.